The molecule has 0 radical (unpaired) electrons. The van der Waals surface area contributed by atoms with Gasteiger partial charge in [0.25, 0.3) is 0 Å². The van der Waals surface area contributed by atoms with E-state index >= 15 is 0 Å². The smallest absolute Gasteiger partial charge is 0.355 e. The minimum Gasteiger partial charge on any atom is -0.355 e. The number of amides is 1. The Morgan fingerprint density at radius 2 is 1.80 bits per heavy atom. The molecule has 0 aromatic carbocycles. The van der Waals surface area contributed by atoms with E-state index in [4.69, 9.17) is 0 Å². The Morgan fingerprint density at radius 1 is 1.03 bits per heavy atom. The second kappa shape index (κ2) is 6.68. The molecule has 0 unspecified atom stereocenters. The Bertz CT molecular complexity index is 1100. The molecule has 0 N–H and O–H groups in total. The van der Waals surface area contributed by atoms with Crippen molar-refractivity contribution >= 4 is 23.1 Å². The topological polar surface area (TPSA) is 66.6 Å². The van der Waals surface area contributed by atoms with Crippen LogP contribution in [-0.2, 0) is 11.0 Å². The second-order valence-corrected chi connectivity index (χ2v) is 7.81. The minimum absolute atomic E-state index is 0.0693. The SMILES string of the molecule is O=C1N(c2cc(C(F)(F)F)ccn2)CCC12CCN(c1nccn3cncc13)CC2. The summed E-state index contributed by atoms with van der Waals surface area (Å²) in [6.07, 6.45) is 5.52. The van der Waals surface area contributed by atoms with E-state index in [2.05, 4.69) is 19.9 Å². The molecule has 2 aliphatic heterocycles. The fraction of sp³-hybridized carbons (Fsp3) is 0.400. The monoisotopic (exact) mass is 416 g/mol. The van der Waals surface area contributed by atoms with Gasteiger partial charge in [0.2, 0.25) is 5.91 Å². The lowest BCUT2D eigenvalue weighted by Crippen LogP contribution is -2.45. The van der Waals surface area contributed by atoms with E-state index in [9.17, 15) is 18.0 Å². The van der Waals surface area contributed by atoms with Gasteiger partial charge in [-0.1, -0.05) is 0 Å². The largest absolute Gasteiger partial charge is 0.416 e. The Morgan fingerprint density at radius 3 is 2.57 bits per heavy atom. The van der Waals surface area contributed by atoms with Gasteiger partial charge in [-0.15, -0.1) is 0 Å². The highest BCUT2D eigenvalue weighted by atomic mass is 19.4. The molecule has 0 bridgehead atoms. The fourth-order valence-electron chi connectivity index (χ4n) is 4.47. The molecule has 2 fully saturated rings. The van der Waals surface area contributed by atoms with E-state index in [1.807, 2.05) is 10.6 Å². The molecule has 156 valence electrons. The lowest BCUT2D eigenvalue weighted by molar-refractivity contribution is -0.137. The molecule has 5 rings (SSSR count). The fourth-order valence-corrected chi connectivity index (χ4v) is 4.47. The summed E-state index contributed by atoms with van der Waals surface area (Å²) < 4.78 is 41.0. The Kier molecular flexibility index (Phi) is 4.19. The average molecular weight is 416 g/mol. The molecule has 3 aromatic rings. The number of alkyl halides is 3. The number of aromatic nitrogens is 4. The van der Waals surface area contributed by atoms with E-state index in [0.717, 1.165) is 29.7 Å². The van der Waals surface area contributed by atoms with Crippen LogP contribution < -0.4 is 9.80 Å². The van der Waals surface area contributed by atoms with Crippen molar-refractivity contribution in [2.45, 2.75) is 25.4 Å². The zero-order chi connectivity index (χ0) is 20.9. The number of hydrogen-bond acceptors (Lipinski definition) is 5. The van der Waals surface area contributed by atoms with Gasteiger partial charge in [-0.05, 0) is 31.4 Å². The van der Waals surface area contributed by atoms with Crippen molar-refractivity contribution in [3.05, 3.63) is 48.8 Å². The number of nitrogens with zero attached hydrogens (tertiary/aromatic N) is 6. The van der Waals surface area contributed by atoms with Crippen molar-refractivity contribution in [2.24, 2.45) is 5.41 Å². The first-order valence-corrected chi connectivity index (χ1v) is 9.74. The summed E-state index contributed by atoms with van der Waals surface area (Å²) in [5.41, 5.74) is -0.449. The number of imidazole rings is 1. The minimum atomic E-state index is -4.47. The molecule has 1 spiro atoms. The third-order valence-corrected chi connectivity index (χ3v) is 6.20. The number of fused-ring (bicyclic) bond motifs is 1. The van der Waals surface area contributed by atoms with Gasteiger partial charge in [0.15, 0.2) is 5.82 Å². The molecule has 30 heavy (non-hydrogen) atoms. The van der Waals surface area contributed by atoms with Gasteiger partial charge in [-0.2, -0.15) is 13.2 Å². The molecule has 0 atom stereocenters. The number of pyridine rings is 1. The van der Waals surface area contributed by atoms with Crippen LogP contribution in [-0.4, -0.2) is 44.9 Å². The Labute approximate surface area is 170 Å². The predicted molar refractivity (Wildman–Crippen MR) is 103 cm³/mol. The Hall–Kier alpha value is -3.17. The molecule has 7 nitrogen and oxygen atoms in total. The summed E-state index contributed by atoms with van der Waals surface area (Å²) in [6, 6.07) is 1.87. The molecular formula is C20H19F3N6O. The standard InChI is InChI=1S/C20H19F3N6O/c21-20(22,23)14-1-5-25-16(11-14)29-9-4-19(18(29)30)2-7-27(8-3-19)17-15-12-24-13-28(15)10-6-26-17/h1,5-6,10-13H,2-4,7-9H2. The molecule has 2 saturated heterocycles. The normalized spacial score (nSPS) is 19.2. The predicted octanol–water partition coefficient (Wildman–Crippen LogP) is 3.17. The van der Waals surface area contributed by atoms with Crippen molar-refractivity contribution in [1.29, 1.82) is 0 Å². The highest BCUT2D eigenvalue weighted by Gasteiger charge is 2.49. The van der Waals surface area contributed by atoms with Crippen molar-refractivity contribution in [3.8, 4) is 0 Å². The second-order valence-electron chi connectivity index (χ2n) is 7.81. The number of halogens is 3. The van der Waals surface area contributed by atoms with Crippen LogP contribution in [0.1, 0.15) is 24.8 Å². The lowest BCUT2D eigenvalue weighted by Gasteiger charge is -2.38. The van der Waals surface area contributed by atoms with Crippen LogP contribution in [0.3, 0.4) is 0 Å². The van der Waals surface area contributed by atoms with Crippen molar-refractivity contribution < 1.29 is 18.0 Å². The van der Waals surface area contributed by atoms with Crippen LogP contribution in [0.2, 0.25) is 0 Å². The first-order valence-electron chi connectivity index (χ1n) is 9.74. The molecule has 2 aliphatic rings. The van der Waals surface area contributed by atoms with Gasteiger partial charge < -0.3 is 9.30 Å². The molecule has 10 heteroatoms. The van der Waals surface area contributed by atoms with E-state index < -0.39 is 17.2 Å². The summed E-state index contributed by atoms with van der Waals surface area (Å²) in [4.78, 5) is 29.4. The van der Waals surface area contributed by atoms with Crippen molar-refractivity contribution in [2.75, 3.05) is 29.4 Å². The molecule has 0 saturated carbocycles. The maximum Gasteiger partial charge on any atom is 0.416 e. The number of rotatable bonds is 2. The zero-order valence-electron chi connectivity index (χ0n) is 16.0. The van der Waals surface area contributed by atoms with E-state index in [0.29, 0.717) is 38.9 Å². The molecule has 0 aliphatic carbocycles. The third-order valence-electron chi connectivity index (χ3n) is 6.20. The Balaban J connectivity index is 1.34. The van der Waals surface area contributed by atoms with Gasteiger partial charge in [-0.3, -0.25) is 9.69 Å². The van der Waals surface area contributed by atoms with Crippen LogP contribution in [0, 0.1) is 5.41 Å². The van der Waals surface area contributed by atoms with Crippen LogP contribution in [0.5, 0.6) is 0 Å². The first-order chi connectivity index (χ1) is 14.4. The van der Waals surface area contributed by atoms with Crippen molar-refractivity contribution in [1.82, 2.24) is 19.4 Å². The van der Waals surface area contributed by atoms with Crippen LogP contribution in [0.4, 0.5) is 24.8 Å². The summed E-state index contributed by atoms with van der Waals surface area (Å²) in [6.45, 7) is 1.67. The van der Waals surface area contributed by atoms with Gasteiger partial charge in [0, 0.05) is 38.2 Å². The zero-order valence-corrected chi connectivity index (χ0v) is 16.0. The van der Waals surface area contributed by atoms with Crippen LogP contribution in [0.25, 0.3) is 5.52 Å². The first kappa shape index (κ1) is 18.8. The number of carbonyl (C=O) groups excluding carboxylic acids is 1. The summed E-state index contributed by atoms with van der Waals surface area (Å²) in [7, 11) is 0. The van der Waals surface area contributed by atoms with E-state index in [1.54, 1.807) is 18.7 Å². The molecule has 5 heterocycles. The van der Waals surface area contributed by atoms with Crippen LogP contribution >= 0.6 is 0 Å². The maximum absolute atomic E-state index is 13.2. The number of hydrogen-bond donors (Lipinski definition) is 0. The third kappa shape index (κ3) is 2.98. The van der Waals surface area contributed by atoms with Gasteiger partial charge in [0.05, 0.1) is 23.5 Å². The summed E-state index contributed by atoms with van der Waals surface area (Å²) >= 11 is 0. The van der Waals surface area contributed by atoms with Gasteiger partial charge >= 0.3 is 6.18 Å². The van der Waals surface area contributed by atoms with Gasteiger partial charge in [0.1, 0.15) is 11.3 Å². The molecule has 1 amide bonds. The maximum atomic E-state index is 13.2. The molecular weight excluding hydrogens is 397 g/mol. The number of piperidine rings is 1. The highest BCUT2D eigenvalue weighted by Crippen LogP contribution is 2.44. The molecule has 3 aromatic heterocycles. The summed E-state index contributed by atoms with van der Waals surface area (Å²) in [5.74, 6) is 0.760. The van der Waals surface area contributed by atoms with Crippen LogP contribution in [0.15, 0.2) is 43.2 Å². The number of anilines is 2. The number of carbonyl (C=O) groups is 1. The van der Waals surface area contributed by atoms with E-state index in [1.165, 1.54) is 4.90 Å². The van der Waals surface area contributed by atoms with Gasteiger partial charge in [-0.25, -0.2) is 15.0 Å². The highest BCUT2D eigenvalue weighted by molar-refractivity contribution is 5.99. The van der Waals surface area contributed by atoms with Crippen molar-refractivity contribution in [3.63, 3.8) is 0 Å². The lowest BCUT2D eigenvalue weighted by atomic mass is 9.77. The quantitative estimate of drug-likeness (QED) is 0.642. The van der Waals surface area contributed by atoms with E-state index in [-0.39, 0.29) is 11.7 Å². The average Bonchev–Trinajstić information content (AvgIpc) is 3.34. The summed E-state index contributed by atoms with van der Waals surface area (Å²) in [5, 5.41) is 0.